The normalized spacial score (nSPS) is 16.7. The molecule has 3 rings (SSSR count). The maximum absolute atomic E-state index is 12.7. The Hall–Kier alpha value is -2.05. The third-order valence-corrected chi connectivity index (χ3v) is 4.45. The molecule has 1 unspecified atom stereocenters. The van der Waals surface area contributed by atoms with E-state index in [1.54, 1.807) is 23.1 Å². The Morgan fingerprint density at radius 3 is 2.68 bits per heavy atom. The number of fused-ring (bicyclic) bond motifs is 1. The molecular formula is C14H13Cl2N5O. The summed E-state index contributed by atoms with van der Waals surface area (Å²) >= 11 is 11.9. The maximum Gasteiger partial charge on any atom is 0.254 e. The molecule has 0 saturated heterocycles. The Morgan fingerprint density at radius 2 is 2.00 bits per heavy atom. The van der Waals surface area contributed by atoms with Crippen molar-refractivity contribution in [2.45, 2.75) is 19.5 Å². The first-order valence-electron chi connectivity index (χ1n) is 6.56. The zero-order valence-corrected chi connectivity index (χ0v) is 13.2. The highest BCUT2D eigenvalue weighted by Gasteiger charge is 2.34. The van der Waals surface area contributed by atoms with Gasteiger partial charge in [-0.15, -0.1) is 0 Å². The van der Waals surface area contributed by atoms with E-state index in [2.05, 4.69) is 9.97 Å². The van der Waals surface area contributed by atoms with E-state index in [4.69, 9.17) is 34.7 Å². The van der Waals surface area contributed by atoms with Crippen LogP contribution in [0.4, 0.5) is 11.8 Å². The standard InChI is InChI=1S/C14H13Cl2N5O/c1-6-11-8(12(17)20-14(18)19-11)5-21(6)13(22)7-2-3-9(15)10(16)4-7/h2-4,6H,5H2,1H3,(H4,17,18,19,20). The van der Waals surface area contributed by atoms with Crippen LogP contribution in [0.1, 0.15) is 34.6 Å². The van der Waals surface area contributed by atoms with Crippen molar-refractivity contribution < 1.29 is 4.79 Å². The predicted octanol–water partition coefficient (Wildman–Crippen LogP) is 2.66. The molecule has 0 bridgehead atoms. The zero-order valence-electron chi connectivity index (χ0n) is 11.7. The van der Waals surface area contributed by atoms with E-state index in [9.17, 15) is 4.79 Å². The Morgan fingerprint density at radius 1 is 1.27 bits per heavy atom. The lowest BCUT2D eigenvalue weighted by molar-refractivity contribution is 0.0703. The highest BCUT2D eigenvalue weighted by Crippen LogP contribution is 2.36. The zero-order chi connectivity index (χ0) is 16.0. The number of anilines is 2. The lowest BCUT2D eigenvalue weighted by atomic mass is 10.1. The predicted molar refractivity (Wildman–Crippen MR) is 85.6 cm³/mol. The second-order valence-corrected chi connectivity index (χ2v) is 5.88. The van der Waals surface area contributed by atoms with E-state index >= 15 is 0 Å². The maximum atomic E-state index is 12.7. The largest absolute Gasteiger partial charge is 0.383 e. The van der Waals surface area contributed by atoms with E-state index in [0.29, 0.717) is 33.7 Å². The Kier molecular flexibility index (Phi) is 3.58. The number of amides is 1. The molecule has 0 radical (unpaired) electrons. The van der Waals surface area contributed by atoms with Crippen molar-refractivity contribution in [1.29, 1.82) is 0 Å². The molecule has 1 aliphatic rings. The molecule has 1 amide bonds. The molecule has 2 aromatic rings. The molecule has 1 atom stereocenters. The Bertz CT molecular complexity index is 780. The number of carbonyl (C=O) groups excluding carboxylic acids is 1. The van der Waals surface area contributed by atoms with Crippen molar-refractivity contribution in [2.24, 2.45) is 0 Å². The summed E-state index contributed by atoms with van der Waals surface area (Å²) in [7, 11) is 0. The number of nitrogen functional groups attached to an aromatic ring is 2. The molecule has 22 heavy (non-hydrogen) atoms. The summed E-state index contributed by atoms with van der Waals surface area (Å²) in [4.78, 5) is 22.5. The van der Waals surface area contributed by atoms with E-state index in [1.807, 2.05) is 6.92 Å². The van der Waals surface area contributed by atoms with Crippen LogP contribution in [0, 0.1) is 0 Å². The van der Waals surface area contributed by atoms with Gasteiger partial charge in [-0.3, -0.25) is 4.79 Å². The first-order valence-corrected chi connectivity index (χ1v) is 7.32. The van der Waals surface area contributed by atoms with Crippen LogP contribution in [0.25, 0.3) is 0 Å². The molecule has 0 aliphatic carbocycles. The van der Waals surface area contributed by atoms with Crippen molar-refractivity contribution in [2.75, 3.05) is 11.5 Å². The molecule has 8 heteroatoms. The summed E-state index contributed by atoms with van der Waals surface area (Å²) in [5, 5.41) is 0.735. The summed E-state index contributed by atoms with van der Waals surface area (Å²) in [6.45, 7) is 2.20. The van der Waals surface area contributed by atoms with Gasteiger partial charge in [0.2, 0.25) is 5.95 Å². The monoisotopic (exact) mass is 337 g/mol. The van der Waals surface area contributed by atoms with Gasteiger partial charge < -0.3 is 16.4 Å². The van der Waals surface area contributed by atoms with Crippen LogP contribution in [-0.2, 0) is 6.54 Å². The number of nitrogens with zero attached hydrogens (tertiary/aromatic N) is 3. The number of rotatable bonds is 1. The average Bonchev–Trinajstić information content (AvgIpc) is 2.79. The van der Waals surface area contributed by atoms with E-state index in [1.165, 1.54) is 0 Å². The van der Waals surface area contributed by atoms with E-state index in [-0.39, 0.29) is 17.9 Å². The van der Waals surface area contributed by atoms with Gasteiger partial charge in [0, 0.05) is 11.1 Å². The molecule has 4 N–H and O–H groups in total. The lowest BCUT2D eigenvalue weighted by Crippen LogP contribution is -2.28. The number of hydrogen-bond acceptors (Lipinski definition) is 5. The van der Waals surface area contributed by atoms with Gasteiger partial charge in [0.15, 0.2) is 0 Å². The second kappa shape index (κ2) is 5.30. The summed E-state index contributed by atoms with van der Waals surface area (Å²) in [6.07, 6.45) is 0. The quantitative estimate of drug-likeness (QED) is 0.833. The van der Waals surface area contributed by atoms with Gasteiger partial charge in [-0.2, -0.15) is 4.98 Å². The first-order chi connectivity index (χ1) is 10.4. The highest BCUT2D eigenvalue weighted by atomic mass is 35.5. The molecule has 1 aromatic carbocycles. The van der Waals surface area contributed by atoms with Crippen molar-refractivity contribution in [3.05, 3.63) is 45.1 Å². The minimum atomic E-state index is -0.246. The number of nitrogens with two attached hydrogens (primary N) is 2. The Balaban J connectivity index is 1.95. The van der Waals surface area contributed by atoms with Crippen LogP contribution < -0.4 is 11.5 Å². The van der Waals surface area contributed by atoms with Crippen molar-refractivity contribution in [1.82, 2.24) is 14.9 Å². The van der Waals surface area contributed by atoms with Crippen molar-refractivity contribution in [3.8, 4) is 0 Å². The fourth-order valence-electron chi connectivity index (χ4n) is 2.54. The summed E-state index contributed by atoms with van der Waals surface area (Å²) < 4.78 is 0. The minimum absolute atomic E-state index is 0.104. The van der Waals surface area contributed by atoms with Crippen molar-refractivity contribution in [3.63, 3.8) is 0 Å². The van der Waals surface area contributed by atoms with Crippen LogP contribution in [0.15, 0.2) is 18.2 Å². The van der Waals surface area contributed by atoms with E-state index < -0.39 is 0 Å². The van der Waals surface area contributed by atoms with Crippen LogP contribution in [-0.4, -0.2) is 20.8 Å². The molecule has 0 saturated carbocycles. The summed E-state index contributed by atoms with van der Waals surface area (Å²) in [6, 6.07) is 4.53. The molecule has 1 aliphatic heterocycles. The fourth-order valence-corrected chi connectivity index (χ4v) is 2.84. The topological polar surface area (TPSA) is 98.1 Å². The van der Waals surface area contributed by atoms with Crippen LogP contribution in [0.3, 0.4) is 0 Å². The van der Waals surface area contributed by atoms with Gasteiger partial charge in [0.1, 0.15) is 5.82 Å². The van der Waals surface area contributed by atoms with Crippen molar-refractivity contribution >= 4 is 40.9 Å². The third-order valence-electron chi connectivity index (χ3n) is 3.71. The summed E-state index contributed by atoms with van der Waals surface area (Å²) in [5.74, 6) is 0.229. The molecule has 1 aromatic heterocycles. The second-order valence-electron chi connectivity index (χ2n) is 5.07. The van der Waals surface area contributed by atoms with Gasteiger partial charge in [0.05, 0.1) is 28.3 Å². The number of aromatic nitrogens is 2. The molecular weight excluding hydrogens is 325 g/mol. The molecule has 6 nitrogen and oxygen atoms in total. The van der Waals surface area contributed by atoms with Gasteiger partial charge in [-0.25, -0.2) is 4.98 Å². The number of halogens is 2. The SMILES string of the molecule is CC1c2nc(N)nc(N)c2CN1C(=O)c1ccc(Cl)c(Cl)c1. The van der Waals surface area contributed by atoms with Gasteiger partial charge in [0.25, 0.3) is 5.91 Å². The molecule has 0 spiro atoms. The lowest BCUT2D eigenvalue weighted by Gasteiger charge is -2.21. The number of carbonyl (C=O) groups is 1. The minimum Gasteiger partial charge on any atom is -0.383 e. The molecule has 114 valence electrons. The first kappa shape index (κ1) is 14.9. The van der Waals surface area contributed by atoms with Gasteiger partial charge in [-0.1, -0.05) is 23.2 Å². The molecule has 0 fully saturated rings. The Labute approximate surface area is 137 Å². The highest BCUT2D eigenvalue weighted by molar-refractivity contribution is 6.42. The smallest absolute Gasteiger partial charge is 0.254 e. The van der Waals surface area contributed by atoms with Crippen LogP contribution in [0.2, 0.25) is 10.0 Å². The number of benzene rings is 1. The van der Waals surface area contributed by atoms with Gasteiger partial charge in [-0.05, 0) is 25.1 Å². The summed E-state index contributed by atoms with van der Waals surface area (Å²) in [5.41, 5.74) is 13.4. The molecule has 2 heterocycles. The average molecular weight is 338 g/mol. The van der Waals surface area contributed by atoms with Gasteiger partial charge >= 0.3 is 0 Å². The number of hydrogen-bond donors (Lipinski definition) is 2. The fraction of sp³-hybridized carbons (Fsp3) is 0.214. The third kappa shape index (κ3) is 2.34. The van der Waals surface area contributed by atoms with Crippen LogP contribution in [0.5, 0.6) is 0 Å². The van der Waals surface area contributed by atoms with Crippen LogP contribution >= 0.6 is 23.2 Å². The van der Waals surface area contributed by atoms with E-state index in [0.717, 1.165) is 5.56 Å².